The normalized spacial score (nSPS) is 27.8. The van der Waals surface area contributed by atoms with E-state index in [1.165, 1.54) is 25.7 Å². The molecule has 0 atom stereocenters. The molecule has 162 valence electrons. The largest absolute Gasteiger partial charge is 0.481 e. The minimum Gasteiger partial charge on any atom is -0.481 e. The second-order valence-electron chi connectivity index (χ2n) is 9.83. The van der Waals surface area contributed by atoms with E-state index in [9.17, 15) is 14.4 Å². The summed E-state index contributed by atoms with van der Waals surface area (Å²) in [6.45, 7) is 10.2. The summed E-state index contributed by atoms with van der Waals surface area (Å²) >= 11 is 0. The molecule has 4 heteroatoms. The number of carbonyl (C=O) groups excluding carboxylic acids is 2. The monoisotopic (exact) mass is 394 g/mol. The predicted octanol–water partition coefficient (Wildman–Crippen LogP) is 5.92. The lowest BCUT2D eigenvalue weighted by molar-refractivity contribution is -0.143. The zero-order valence-electron chi connectivity index (χ0n) is 18.7. The number of carbonyl (C=O) groups is 3. The Kier molecular flexibility index (Phi) is 11.0. The molecule has 0 aromatic rings. The van der Waals surface area contributed by atoms with Gasteiger partial charge < -0.3 is 5.11 Å². The Morgan fingerprint density at radius 2 is 1.07 bits per heavy atom. The molecule has 28 heavy (non-hydrogen) atoms. The predicted molar refractivity (Wildman–Crippen MR) is 113 cm³/mol. The van der Waals surface area contributed by atoms with Gasteiger partial charge in [-0.3, -0.25) is 14.4 Å². The molecule has 0 saturated heterocycles. The maximum atomic E-state index is 11.5. The van der Waals surface area contributed by atoms with Crippen LogP contribution < -0.4 is 0 Å². The standard InChI is InChI=1S/C12H20O3.C12H22O/c1-8(2)11(13)7-9-3-5-10(6-4-9)12(14)15;1-9(2)12(13)8-11-6-4-10(3)5-7-11/h8-10H,3-7H2,1-2H3,(H,14,15);9-11H,4-8H2,1-3H3. The van der Waals surface area contributed by atoms with Crippen molar-refractivity contribution < 1.29 is 19.5 Å². The van der Waals surface area contributed by atoms with Crippen LogP contribution in [-0.4, -0.2) is 22.6 Å². The molecule has 0 bridgehead atoms. The fourth-order valence-electron chi connectivity index (χ4n) is 4.19. The van der Waals surface area contributed by atoms with Crippen LogP contribution >= 0.6 is 0 Å². The highest BCUT2D eigenvalue weighted by atomic mass is 16.4. The third-order valence-electron chi connectivity index (χ3n) is 6.60. The van der Waals surface area contributed by atoms with Gasteiger partial charge in [0.2, 0.25) is 0 Å². The van der Waals surface area contributed by atoms with Crippen LogP contribution in [0.15, 0.2) is 0 Å². The van der Waals surface area contributed by atoms with Gasteiger partial charge in [-0.25, -0.2) is 0 Å². The molecule has 0 radical (unpaired) electrons. The van der Waals surface area contributed by atoms with E-state index in [1.54, 1.807) is 0 Å². The Morgan fingerprint density at radius 3 is 1.39 bits per heavy atom. The number of carboxylic acids is 1. The molecule has 2 aliphatic carbocycles. The van der Waals surface area contributed by atoms with Gasteiger partial charge in [-0.2, -0.15) is 0 Å². The molecule has 0 aromatic carbocycles. The zero-order valence-corrected chi connectivity index (χ0v) is 18.7. The van der Waals surface area contributed by atoms with E-state index in [4.69, 9.17) is 5.11 Å². The Labute approximate surface area is 171 Å². The van der Waals surface area contributed by atoms with Gasteiger partial charge >= 0.3 is 5.97 Å². The average molecular weight is 395 g/mol. The van der Waals surface area contributed by atoms with Crippen LogP contribution in [0.3, 0.4) is 0 Å². The molecule has 1 N–H and O–H groups in total. The first kappa shape index (κ1) is 24.8. The maximum absolute atomic E-state index is 11.5. The number of hydrogen-bond acceptors (Lipinski definition) is 3. The van der Waals surface area contributed by atoms with Gasteiger partial charge in [0.25, 0.3) is 0 Å². The SMILES string of the molecule is CC(C)C(=O)CC1CCC(C(=O)O)CC1.CC1CCC(CC(=O)C(C)C)CC1. The molecule has 0 heterocycles. The van der Waals surface area contributed by atoms with E-state index in [0.29, 0.717) is 29.8 Å². The first-order valence-corrected chi connectivity index (χ1v) is 11.4. The van der Waals surface area contributed by atoms with Crippen molar-refractivity contribution in [1.29, 1.82) is 0 Å². The lowest BCUT2D eigenvalue weighted by Gasteiger charge is -2.25. The first-order chi connectivity index (χ1) is 13.1. The summed E-state index contributed by atoms with van der Waals surface area (Å²) in [5.74, 6) is 2.29. The van der Waals surface area contributed by atoms with Crippen molar-refractivity contribution in [1.82, 2.24) is 0 Å². The summed E-state index contributed by atoms with van der Waals surface area (Å²) in [4.78, 5) is 33.7. The number of aliphatic carboxylic acids is 1. The van der Waals surface area contributed by atoms with Crippen molar-refractivity contribution in [3.63, 3.8) is 0 Å². The molecular weight excluding hydrogens is 352 g/mol. The van der Waals surface area contributed by atoms with Crippen LogP contribution in [-0.2, 0) is 14.4 Å². The molecule has 2 saturated carbocycles. The van der Waals surface area contributed by atoms with E-state index in [2.05, 4.69) is 6.92 Å². The zero-order chi connectivity index (χ0) is 21.3. The Hall–Kier alpha value is -1.19. The second kappa shape index (κ2) is 12.4. The van der Waals surface area contributed by atoms with Crippen molar-refractivity contribution >= 4 is 17.5 Å². The van der Waals surface area contributed by atoms with Crippen LogP contribution in [0, 0.1) is 35.5 Å². The second-order valence-corrected chi connectivity index (χ2v) is 9.83. The topological polar surface area (TPSA) is 71.4 Å². The minimum atomic E-state index is -0.677. The summed E-state index contributed by atoms with van der Waals surface area (Å²) in [6.07, 6.45) is 9.97. The lowest BCUT2D eigenvalue weighted by atomic mass is 9.79. The number of ketones is 2. The molecule has 4 nitrogen and oxygen atoms in total. The summed E-state index contributed by atoms with van der Waals surface area (Å²) in [5.41, 5.74) is 0. The van der Waals surface area contributed by atoms with Crippen LogP contribution in [0.5, 0.6) is 0 Å². The number of carboxylic acid groups (broad SMARTS) is 1. The van der Waals surface area contributed by atoms with Gasteiger partial charge in [-0.15, -0.1) is 0 Å². The van der Waals surface area contributed by atoms with Crippen LogP contribution in [0.25, 0.3) is 0 Å². The molecule has 0 aliphatic heterocycles. The van der Waals surface area contributed by atoms with Crippen molar-refractivity contribution in [3.05, 3.63) is 0 Å². The van der Waals surface area contributed by atoms with Gasteiger partial charge in [0, 0.05) is 24.7 Å². The third kappa shape index (κ3) is 9.34. The molecule has 0 spiro atoms. The number of hydrogen-bond donors (Lipinski definition) is 1. The average Bonchev–Trinajstić information content (AvgIpc) is 2.64. The third-order valence-corrected chi connectivity index (χ3v) is 6.60. The van der Waals surface area contributed by atoms with E-state index >= 15 is 0 Å². The van der Waals surface area contributed by atoms with Crippen molar-refractivity contribution in [3.8, 4) is 0 Å². The van der Waals surface area contributed by atoms with Crippen molar-refractivity contribution in [2.45, 2.75) is 98.8 Å². The Balaban J connectivity index is 0.000000283. The summed E-state index contributed by atoms with van der Waals surface area (Å²) in [5, 5.41) is 8.83. The molecule has 0 aromatic heterocycles. The maximum Gasteiger partial charge on any atom is 0.306 e. The lowest BCUT2D eigenvalue weighted by Crippen LogP contribution is -2.23. The van der Waals surface area contributed by atoms with Gasteiger partial charge in [0.1, 0.15) is 11.6 Å². The number of rotatable bonds is 7. The summed E-state index contributed by atoms with van der Waals surface area (Å²) in [7, 11) is 0. The van der Waals surface area contributed by atoms with E-state index < -0.39 is 5.97 Å². The highest BCUT2D eigenvalue weighted by Gasteiger charge is 2.27. The van der Waals surface area contributed by atoms with Crippen LogP contribution in [0.4, 0.5) is 0 Å². The smallest absolute Gasteiger partial charge is 0.306 e. The van der Waals surface area contributed by atoms with Gasteiger partial charge in [-0.1, -0.05) is 47.5 Å². The summed E-state index contributed by atoms with van der Waals surface area (Å²) in [6, 6.07) is 0. The molecule has 0 unspecified atom stereocenters. The molecule has 2 fully saturated rings. The summed E-state index contributed by atoms with van der Waals surface area (Å²) < 4.78 is 0. The fraction of sp³-hybridized carbons (Fsp3) is 0.875. The van der Waals surface area contributed by atoms with Crippen LogP contribution in [0.1, 0.15) is 98.8 Å². The van der Waals surface area contributed by atoms with E-state index in [0.717, 1.165) is 38.0 Å². The fourth-order valence-corrected chi connectivity index (χ4v) is 4.19. The Morgan fingerprint density at radius 1 is 0.714 bits per heavy atom. The number of Topliss-reactive ketones (excluding diaryl/α,β-unsaturated/α-hetero) is 2. The molecule has 2 aliphatic rings. The molecule has 0 amide bonds. The Bertz CT molecular complexity index is 493. The van der Waals surface area contributed by atoms with E-state index in [1.807, 2.05) is 27.7 Å². The first-order valence-electron chi connectivity index (χ1n) is 11.4. The van der Waals surface area contributed by atoms with Gasteiger partial charge in [0.05, 0.1) is 5.92 Å². The van der Waals surface area contributed by atoms with E-state index in [-0.39, 0.29) is 17.8 Å². The highest BCUT2D eigenvalue weighted by Crippen LogP contribution is 2.32. The molecule has 2 rings (SSSR count). The van der Waals surface area contributed by atoms with Gasteiger partial charge in [-0.05, 0) is 56.3 Å². The van der Waals surface area contributed by atoms with Gasteiger partial charge in [0.15, 0.2) is 0 Å². The van der Waals surface area contributed by atoms with Crippen molar-refractivity contribution in [2.24, 2.45) is 35.5 Å². The quantitative estimate of drug-likeness (QED) is 0.582. The molecular formula is C24H42O4. The van der Waals surface area contributed by atoms with Crippen LogP contribution in [0.2, 0.25) is 0 Å². The van der Waals surface area contributed by atoms with Crippen molar-refractivity contribution in [2.75, 3.05) is 0 Å². The minimum absolute atomic E-state index is 0.113. The highest BCUT2D eigenvalue weighted by molar-refractivity contribution is 5.80.